The fourth-order valence-corrected chi connectivity index (χ4v) is 1.87. The maximum Gasteiger partial charge on any atom is 0.206 e. The second-order valence-electron chi connectivity index (χ2n) is 3.08. The summed E-state index contributed by atoms with van der Waals surface area (Å²) in [5.41, 5.74) is 6.67. The number of carbonyl (C=O) groups excluding carboxylic acids is 1. The quantitative estimate of drug-likeness (QED) is 0.867. The normalized spacial score (nSPS) is 10.4. The summed E-state index contributed by atoms with van der Waals surface area (Å²) in [4.78, 5) is 14.7. The average Bonchev–Trinajstić information content (AvgIpc) is 2.54. The summed E-state index contributed by atoms with van der Waals surface area (Å²) in [5.74, 6) is 0.189. The lowest BCUT2D eigenvalue weighted by molar-refractivity contribution is 0.111. The Morgan fingerprint density at radius 1 is 1.38 bits per heavy atom. The molecule has 0 radical (unpaired) electrons. The number of rotatable bonds is 2. The molecular formula is C10H7BrClN3O. The third kappa shape index (κ3) is 1.83. The summed E-state index contributed by atoms with van der Waals surface area (Å²) in [6.45, 7) is 0. The Morgan fingerprint density at radius 3 is 2.56 bits per heavy atom. The van der Waals surface area contributed by atoms with Gasteiger partial charge in [-0.1, -0.05) is 27.5 Å². The Labute approximate surface area is 105 Å². The molecule has 4 nitrogen and oxygen atoms in total. The topological polar surface area (TPSA) is 60.9 Å². The molecule has 0 saturated heterocycles. The first-order valence-corrected chi connectivity index (χ1v) is 5.55. The number of hydrogen-bond donors (Lipinski definition) is 1. The predicted molar refractivity (Wildman–Crippen MR) is 66.1 cm³/mol. The monoisotopic (exact) mass is 299 g/mol. The molecule has 2 N–H and O–H groups in total. The van der Waals surface area contributed by atoms with Crippen LogP contribution in [0, 0.1) is 0 Å². The molecule has 0 amide bonds. The van der Waals surface area contributed by atoms with Crippen LogP contribution in [0.1, 0.15) is 10.5 Å². The van der Waals surface area contributed by atoms with Gasteiger partial charge in [0.05, 0.1) is 0 Å². The first-order chi connectivity index (χ1) is 7.63. The van der Waals surface area contributed by atoms with Crippen LogP contribution in [0.4, 0.5) is 5.95 Å². The summed E-state index contributed by atoms with van der Waals surface area (Å²) in [5, 5.41) is 0.107. The van der Waals surface area contributed by atoms with Crippen molar-refractivity contribution < 1.29 is 4.79 Å². The molecule has 0 fully saturated rings. The number of carbonyl (C=O) groups is 1. The highest BCUT2D eigenvalue weighted by atomic mass is 79.9. The number of nitrogens with two attached hydrogens (primary N) is 1. The second-order valence-corrected chi connectivity index (χ2v) is 4.35. The molecule has 6 heteroatoms. The summed E-state index contributed by atoms with van der Waals surface area (Å²) in [7, 11) is 0. The van der Waals surface area contributed by atoms with Gasteiger partial charge in [-0.15, -0.1) is 0 Å². The van der Waals surface area contributed by atoms with Crippen molar-refractivity contribution in [3.05, 3.63) is 39.6 Å². The van der Waals surface area contributed by atoms with Gasteiger partial charge in [0.2, 0.25) is 5.95 Å². The third-order valence-corrected chi connectivity index (χ3v) is 2.90. The summed E-state index contributed by atoms with van der Waals surface area (Å²) in [6.07, 6.45) is 0.633. The van der Waals surface area contributed by atoms with Crippen LogP contribution in [0.2, 0.25) is 5.15 Å². The maximum absolute atomic E-state index is 10.9. The molecule has 0 bridgehead atoms. The van der Waals surface area contributed by atoms with E-state index in [0.29, 0.717) is 6.29 Å². The van der Waals surface area contributed by atoms with Crippen molar-refractivity contribution in [3.8, 4) is 5.69 Å². The van der Waals surface area contributed by atoms with Gasteiger partial charge in [-0.25, -0.2) is 4.98 Å². The largest absolute Gasteiger partial charge is 0.369 e. The molecule has 0 aliphatic heterocycles. The van der Waals surface area contributed by atoms with E-state index < -0.39 is 0 Å². The van der Waals surface area contributed by atoms with Crippen LogP contribution in [0.25, 0.3) is 5.69 Å². The summed E-state index contributed by atoms with van der Waals surface area (Å²) in [6, 6.07) is 7.31. The van der Waals surface area contributed by atoms with Gasteiger partial charge in [-0.3, -0.25) is 9.36 Å². The van der Waals surface area contributed by atoms with Gasteiger partial charge in [-0.2, -0.15) is 0 Å². The highest BCUT2D eigenvalue weighted by Gasteiger charge is 2.14. The van der Waals surface area contributed by atoms with E-state index in [1.807, 2.05) is 24.3 Å². The Kier molecular flexibility index (Phi) is 2.98. The number of nitrogens with zero attached hydrogens (tertiary/aromatic N) is 2. The molecule has 0 aliphatic carbocycles. The molecule has 82 valence electrons. The minimum atomic E-state index is 0.107. The molecule has 1 heterocycles. The van der Waals surface area contributed by atoms with Gasteiger partial charge in [0.1, 0.15) is 5.69 Å². The number of hydrogen-bond acceptors (Lipinski definition) is 3. The third-order valence-electron chi connectivity index (χ3n) is 2.09. The highest BCUT2D eigenvalue weighted by molar-refractivity contribution is 9.10. The molecule has 1 aromatic heterocycles. The van der Waals surface area contributed by atoms with Crippen LogP contribution in [0.5, 0.6) is 0 Å². The van der Waals surface area contributed by atoms with Crippen LogP contribution in [-0.2, 0) is 0 Å². The van der Waals surface area contributed by atoms with Crippen molar-refractivity contribution in [2.75, 3.05) is 5.73 Å². The number of halogens is 2. The Morgan fingerprint density at radius 2 is 2.00 bits per heavy atom. The van der Waals surface area contributed by atoms with Crippen LogP contribution < -0.4 is 5.73 Å². The summed E-state index contributed by atoms with van der Waals surface area (Å²) < 4.78 is 2.44. The van der Waals surface area contributed by atoms with Crippen LogP contribution in [0.3, 0.4) is 0 Å². The number of nitrogen functional groups attached to an aromatic ring is 1. The summed E-state index contributed by atoms with van der Waals surface area (Å²) >= 11 is 9.10. The van der Waals surface area contributed by atoms with E-state index in [2.05, 4.69) is 20.9 Å². The van der Waals surface area contributed by atoms with E-state index in [0.717, 1.165) is 10.2 Å². The van der Waals surface area contributed by atoms with Crippen molar-refractivity contribution in [3.63, 3.8) is 0 Å². The molecule has 1 aromatic carbocycles. The molecular weight excluding hydrogens is 293 g/mol. The standard InChI is InChI=1S/C10H7BrClN3O/c11-6-1-3-7(4-2-6)15-8(5-16)9(12)14-10(15)13/h1-5H,(H2,13,14). The molecule has 0 spiro atoms. The maximum atomic E-state index is 10.9. The van der Waals surface area contributed by atoms with Crippen molar-refractivity contribution in [2.45, 2.75) is 0 Å². The van der Waals surface area contributed by atoms with E-state index in [4.69, 9.17) is 17.3 Å². The van der Waals surface area contributed by atoms with Gasteiger partial charge in [0, 0.05) is 10.2 Å². The van der Waals surface area contributed by atoms with E-state index in [1.165, 1.54) is 4.57 Å². The molecule has 0 saturated carbocycles. The SMILES string of the molecule is Nc1nc(Cl)c(C=O)n1-c1ccc(Br)cc1. The minimum Gasteiger partial charge on any atom is -0.369 e. The molecule has 2 rings (SSSR count). The first-order valence-electron chi connectivity index (χ1n) is 4.38. The zero-order valence-corrected chi connectivity index (χ0v) is 10.4. The fourth-order valence-electron chi connectivity index (χ4n) is 1.39. The number of aldehydes is 1. The Balaban J connectivity index is 2.63. The smallest absolute Gasteiger partial charge is 0.206 e. The molecule has 0 atom stereocenters. The zero-order valence-electron chi connectivity index (χ0n) is 8.02. The van der Waals surface area contributed by atoms with E-state index in [9.17, 15) is 4.79 Å². The van der Waals surface area contributed by atoms with E-state index in [1.54, 1.807) is 0 Å². The van der Waals surface area contributed by atoms with Crippen LogP contribution in [0.15, 0.2) is 28.7 Å². The van der Waals surface area contributed by atoms with Gasteiger partial charge in [-0.05, 0) is 24.3 Å². The van der Waals surface area contributed by atoms with Crippen LogP contribution in [-0.4, -0.2) is 15.8 Å². The van der Waals surface area contributed by atoms with Crippen LogP contribution >= 0.6 is 27.5 Å². The molecule has 0 aliphatic rings. The highest BCUT2D eigenvalue weighted by Crippen LogP contribution is 2.23. The van der Waals surface area contributed by atoms with Gasteiger partial charge >= 0.3 is 0 Å². The number of imidazole rings is 1. The van der Waals surface area contributed by atoms with Gasteiger partial charge < -0.3 is 5.73 Å². The second kappa shape index (κ2) is 4.27. The number of aromatic nitrogens is 2. The Hall–Kier alpha value is -1.33. The minimum absolute atomic E-state index is 0.107. The lowest BCUT2D eigenvalue weighted by atomic mass is 10.3. The lowest BCUT2D eigenvalue weighted by Gasteiger charge is -2.06. The Bertz CT molecular complexity index is 536. The number of benzene rings is 1. The van der Waals surface area contributed by atoms with Crippen molar-refractivity contribution in [1.29, 1.82) is 0 Å². The first kappa shape index (κ1) is 11.2. The lowest BCUT2D eigenvalue weighted by Crippen LogP contribution is -2.03. The fraction of sp³-hybridized carbons (Fsp3) is 0. The molecule has 2 aromatic rings. The van der Waals surface area contributed by atoms with Crippen molar-refractivity contribution in [1.82, 2.24) is 9.55 Å². The molecule has 0 unspecified atom stereocenters. The van der Waals surface area contributed by atoms with E-state index in [-0.39, 0.29) is 16.8 Å². The average molecular weight is 301 g/mol. The van der Waals surface area contributed by atoms with Crippen molar-refractivity contribution in [2.24, 2.45) is 0 Å². The number of anilines is 1. The predicted octanol–water partition coefficient (Wildman–Crippen LogP) is 2.68. The van der Waals surface area contributed by atoms with Gasteiger partial charge in [0.25, 0.3) is 0 Å². The van der Waals surface area contributed by atoms with E-state index >= 15 is 0 Å². The zero-order chi connectivity index (χ0) is 11.7. The van der Waals surface area contributed by atoms with Crippen molar-refractivity contribution >= 4 is 39.8 Å². The van der Waals surface area contributed by atoms with Gasteiger partial charge in [0.15, 0.2) is 11.4 Å². The molecule has 16 heavy (non-hydrogen) atoms.